The fourth-order valence-corrected chi connectivity index (χ4v) is 1.99. The molecule has 2 aromatic heterocycles. The van der Waals surface area contributed by atoms with E-state index in [9.17, 15) is 0 Å². The van der Waals surface area contributed by atoms with E-state index in [1.807, 2.05) is 31.2 Å². The number of aryl methyl sites for hydroxylation is 1. The summed E-state index contributed by atoms with van der Waals surface area (Å²) in [5.74, 6) is 1.30. The molecule has 0 spiro atoms. The first-order valence-electron chi connectivity index (χ1n) is 5.36. The Balaban J connectivity index is 2.22. The van der Waals surface area contributed by atoms with Crippen LogP contribution >= 0.6 is 12.2 Å². The smallest absolute Gasteiger partial charge is 0.224 e. The lowest BCUT2D eigenvalue weighted by molar-refractivity contribution is 0.624. The number of nitrogens with one attached hydrogen (secondary N) is 1. The molecule has 0 aliphatic carbocycles. The lowest BCUT2D eigenvalue weighted by atomic mass is 10.2. The van der Waals surface area contributed by atoms with Crippen LogP contribution in [-0.2, 0) is 0 Å². The van der Waals surface area contributed by atoms with E-state index >= 15 is 0 Å². The standard InChI is InChI=1S/C12H10N4OS/c1-6-2-3-8-7(4-6)5-9(17-8)10-14-11(13)16-12(18)15-10/h2-5H,1H3,(H3,13,14,15,16,18). The van der Waals surface area contributed by atoms with Gasteiger partial charge in [0.05, 0.1) is 0 Å². The Morgan fingerprint density at radius 2 is 2.11 bits per heavy atom. The molecule has 3 rings (SSSR count). The molecule has 0 fully saturated rings. The Bertz CT molecular complexity index is 790. The third kappa shape index (κ3) is 1.86. The van der Waals surface area contributed by atoms with E-state index in [0.29, 0.717) is 11.6 Å². The molecule has 0 amide bonds. The molecule has 0 radical (unpaired) electrons. The molecule has 0 aliphatic heterocycles. The minimum atomic E-state index is 0.192. The Kier molecular flexibility index (Phi) is 2.38. The Labute approximate surface area is 108 Å². The second-order valence-corrected chi connectivity index (χ2v) is 4.38. The van der Waals surface area contributed by atoms with E-state index in [-0.39, 0.29) is 10.7 Å². The van der Waals surface area contributed by atoms with Crippen molar-refractivity contribution in [1.82, 2.24) is 15.0 Å². The predicted molar refractivity (Wildman–Crippen MR) is 71.6 cm³/mol. The Morgan fingerprint density at radius 3 is 2.89 bits per heavy atom. The summed E-state index contributed by atoms with van der Waals surface area (Å²) in [6, 6.07) is 7.86. The van der Waals surface area contributed by atoms with Crippen LogP contribution in [0, 0.1) is 11.7 Å². The van der Waals surface area contributed by atoms with Crippen LogP contribution in [0.4, 0.5) is 5.95 Å². The molecule has 6 heteroatoms. The number of fused-ring (bicyclic) bond motifs is 1. The molecule has 18 heavy (non-hydrogen) atoms. The number of nitrogen functional groups attached to an aromatic ring is 1. The third-order valence-corrected chi connectivity index (χ3v) is 2.76. The van der Waals surface area contributed by atoms with Crippen LogP contribution < -0.4 is 5.73 Å². The van der Waals surface area contributed by atoms with Gasteiger partial charge in [0.2, 0.25) is 10.7 Å². The van der Waals surface area contributed by atoms with Gasteiger partial charge in [-0.05, 0) is 37.3 Å². The quantitative estimate of drug-likeness (QED) is 0.656. The van der Waals surface area contributed by atoms with Crippen molar-refractivity contribution in [1.29, 1.82) is 0 Å². The minimum absolute atomic E-state index is 0.192. The van der Waals surface area contributed by atoms with Gasteiger partial charge in [-0.15, -0.1) is 0 Å². The van der Waals surface area contributed by atoms with Crippen LogP contribution in [0.15, 0.2) is 28.7 Å². The van der Waals surface area contributed by atoms with Crippen LogP contribution in [0.5, 0.6) is 0 Å². The first-order chi connectivity index (χ1) is 8.61. The number of hydrogen-bond donors (Lipinski definition) is 2. The molecule has 1 aromatic carbocycles. The second-order valence-electron chi connectivity index (χ2n) is 4.02. The van der Waals surface area contributed by atoms with Gasteiger partial charge in [0, 0.05) is 5.39 Å². The number of H-pyrrole nitrogens is 1. The number of rotatable bonds is 1. The summed E-state index contributed by atoms with van der Waals surface area (Å²) in [5, 5.41) is 1.02. The molecule has 0 aliphatic rings. The zero-order valence-corrected chi connectivity index (χ0v) is 10.4. The van der Waals surface area contributed by atoms with Crippen molar-refractivity contribution in [3.05, 3.63) is 34.6 Å². The van der Waals surface area contributed by atoms with Crippen molar-refractivity contribution in [3.63, 3.8) is 0 Å². The van der Waals surface area contributed by atoms with Gasteiger partial charge in [0.1, 0.15) is 5.58 Å². The maximum atomic E-state index is 5.70. The number of benzene rings is 1. The lowest BCUT2D eigenvalue weighted by Gasteiger charge is -1.97. The van der Waals surface area contributed by atoms with E-state index < -0.39 is 0 Å². The molecule has 0 unspecified atom stereocenters. The number of nitrogens with zero attached hydrogens (tertiary/aromatic N) is 2. The lowest BCUT2D eigenvalue weighted by Crippen LogP contribution is -1.99. The highest BCUT2D eigenvalue weighted by atomic mass is 32.1. The molecule has 0 saturated carbocycles. The summed E-state index contributed by atoms with van der Waals surface area (Å²) in [6.45, 7) is 2.03. The summed E-state index contributed by atoms with van der Waals surface area (Å²) in [6.07, 6.45) is 0. The first-order valence-corrected chi connectivity index (χ1v) is 5.77. The van der Waals surface area contributed by atoms with Gasteiger partial charge in [0.15, 0.2) is 11.6 Å². The average molecular weight is 258 g/mol. The Morgan fingerprint density at radius 1 is 1.28 bits per heavy atom. The molecule has 3 aromatic rings. The number of hydrogen-bond acceptors (Lipinski definition) is 5. The number of aromatic nitrogens is 3. The van der Waals surface area contributed by atoms with Crippen LogP contribution in [0.1, 0.15) is 5.56 Å². The fraction of sp³-hybridized carbons (Fsp3) is 0.0833. The van der Waals surface area contributed by atoms with Gasteiger partial charge in [-0.2, -0.15) is 9.97 Å². The SMILES string of the molecule is Cc1ccc2oc(-c3nc(=S)nc(N)[nH]3)cc2c1. The van der Waals surface area contributed by atoms with E-state index in [4.69, 9.17) is 22.4 Å². The van der Waals surface area contributed by atoms with Crippen molar-refractivity contribution in [2.45, 2.75) is 6.92 Å². The summed E-state index contributed by atoms with van der Waals surface area (Å²) in [7, 11) is 0. The van der Waals surface area contributed by atoms with Crippen molar-refractivity contribution in [3.8, 4) is 11.6 Å². The first kappa shape index (κ1) is 10.9. The highest BCUT2D eigenvalue weighted by Gasteiger charge is 2.09. The van der Waals surface area contributed by atoms with Crippen LogP contribution in [0.2, 0.25) is 0 Å². The zero-order valence-electron chi connectivity index (χ0n) is 9.60. The molecule has 0 saturated heterocycles. The largest absolute Gasteiger partial charge is 0.453 e. The van der Waals surface area contributed by atoms with Gasteiger partial charge in [-0.3, -0.25) is 0 Å². The van der Waals surface area contributed by atoms with Crippen molar-refractivity contribution in [2.75, 3.05) is 5.73 Å². The molecule has 5 nitrogen and oxygen atoms in total. The fourth-order valence-electron chi connectivity index (χ4n) is 1.80. The number of furan rings is 1. The molecule has 90 valence electrons. The van der Waals surface area contributed by atoms with Gasteiger partial charge < -0.3 is 15.1 Å². The maximum Gasteiger partial charge on any atom is 0.224 e. The molecule has 3 N–H and O–H groups in total. The average Bonchev–Trinajstić information content (AvgIpc) is 2.70. The van der Waals surface area contributed by atoms with Crippen LogP contribution in [0.3, 0.4) is 0 Å². The third-order valence-electron chi connectivity index (χ3n) is 2.58. The van der Waals surface area contributed by atoms with Crippen LogP contribution in [-0.4, -0.2) is 15.0 Å². The monoisotopic (exact) mass is 258 g/mol. The molecule has 0 bridgehead atoms. The molecular weight excluding hydrogens is 248 g/mol. The van der Waals surface area contributed by atoms with E-state index in [1.54, 1.807) is 0 Å². The van der Waals surface area contributed by atoms with Crippen molar-refractivity contribution in [2.24, 2.45) is 0 Å². The second kappa shape index (κ2) is 3.92. The molecule has 2 heterocycles. The highest BCUT2D eigenvalue weighted by Crippen LogP contribution is 2.26. The predicted octanol–water partition coefficient (Wildman–Crippen LogP) is 2.84. The maximum absolute atomic E-state index is 5.70. The minimum Gasteiger partial charge on any atom is -0.453 e. The van der Waals surface area contributed by atoms with Gasteiger partial charge in [-0.25, -0.2) is 0 Å². The Hall–Kier alpha value is -2.21. The number of anilines is 1. The van der Waals surface area contributed by atoms with Gasteiger partial charge >= 0.3 is 0 Å². The number of aromatic amines is 1. The summed E-state index contributed by atoms with van der Waals surface area (Å²) < 4.78 is 5.89. The van der Waals surface area contributed by atoms with Crippen molar-refractivity contribution >= 4 is 29.1 Å². The number of nitrogens with two attached hydrogens (primary N) is 1. The van der Waals surface area contributed by atoms with Gasteiger partial charge in [-0.1, -0.05) is 11.6 Å². The van der Waals surface area contributed by atoms with E-state index in [2.05, 4.69) is 15.0 Å². The van der Waals surface area contributed by atoms with E-state index in [1.165, 1.54) is 5.56 Å². The van der Waals surface area contributed by atoms with Crippen LogP contribution in [0.25, 0.3) is 22.6 Å². The normalized spacial score (nSPS) is 10.9. The highest BCUT2D eigenvalue weighted by molar-refractivity contribution is 7.71. The summed E-state index contributed by atoms with van der Waals surface area (Å²) in [5.41, 5.74) is 7.57. The topological polar surface area (TPSA) is 80.7 Å². The molecule has 0 atom stereocenters. The van der Waals surface area contributed by atoms with Gasteiger partial charge in [0.25, 0.3) is 0 Å². The molecular formula is C12H10N4OS. The summed E-state index contributed by atoms with van der Waals surface area (Å²) in [4.78, 5) is 10.7. The summed E-state index contributed by atoms with van der Waals surface area (Å²) >= 11 is 4.92. The van der Waals surface area contributed by atoms with E-state index in [0.717, 1.165) is 11.0 Å². The zero-order chi connectivity index (χ0) is 12.7. The van der Waals surface area contributed by atoms with Crippen molar-refractivity contribution < 1.29 is 4.42 Å².